The second kappa shape index (κ2) is 6.79. The molecule has 0 aliphatic rings. The van der Waals surface area contributed by atoms with Crippen LogP contribution in [0.2, 0.25) is 5.28 Å². The summed E-state index contributed by atoms with van der Waals surface area (Å²) < 4.78 is 7.15. The van der Waals surface area contributed by atoms with Crippen LogP contribution in [-0.4, -0.2) is 33.3 Å². The summed E-state index contributed by atoms with van der Waals surface area (Å²) in [6.45, 7) is 6.20. The lowest BCUT2D eigenvalue weighted by Gasteiger charge is -2.16. The van der Waals surface area contributed by atoms with Gasteiger partial charge in [-0.15, -0.1) is 5.10 Å². The second-order valence-corrected chi connectivity index (χ2v) is 5.57. The molecule has 1 unspecified atom stereocenters. The highest BCUT2D eigenvalue weighted by Crippen LogP contribution is 2.22. The molecule has 2 rings (SSSR count). The number of nitrogens with one attached hydrogen (secondary N) is 1. The molecule has 0 spiro atoms. The van der Waals surface area contributed by atoms with E-state index < -0.39 is 0 Å². The Morgan fingerprint density at radius 3 is 2.59 bits per heavy atom. The van der Waals surface area contributed by atoms with E-state index in [0.717, 1.165) is 16.9 Å². The van der Waals surface area contributed by atoms with Crippen LogP contribution in [0, 0.1) is 13.8 Å². The van der Waals surface area contributed by atoms with E-state index >= 15 is 0 Å². The Labute approximate surface area is 134 Å². The Morgan fingerprint density at radius 1 is 1.41 bits per heavy atom. The highest BCUT2D eigenvalue weighted by atomic mass is 35.5. The van der Waals surface area contributed by atoms with Crippen LogP contribution in [0.5, 0.6) is 5.75 Å². The third kappa shape index (κ3) is 3.76. The predicted octanol–water partition coefficient (Wildman–Crippen LogP) is 2.28. The van der Waals surface area contributed by atoms with Gasteiger partial charge in [0.2, 0.25) is 11.1 Å². The molecule has 22 heavy (non-hydrogen) atoms. The molecule has 0 saturated carbocycles. The number of hydrogen-bond acceptors (Lipinski definition) is 4. The first-order chi connectivity index (χ1) is 10.4. The van der Waals surface area contributed by atoms with Crippen molar-refractivity contribution in [2.45, 2.75) is 26.8 Å². The molecule has 6 nitrogen and oxygen atoms in total. The van der Waals surface area contributed by atoms with Gasteiger partial charge in [0.25, 0.3) is 5.91 Å². The summed E-state index contributed by atoms with van der Waals surface area (Å²) in [7, 11) is 1.62. The fourth-order valence-electron chi connectivity index (χ4n) is 2.03. The molecule has 0 fully saturated rings. The van der Waals surface area contributed by atoms with E-state index in [0.29, 0.717) is 6.61 Å². The van der Waals surface area contributed by atoms with Crippen LogP contribution in [0.15, 0.2) is 18.2 Å². The number of aromatic nitrogens is 3. The van der Waals surface area contributed by atoms with Gasteiger partial charge in [0.05, 0.1) is 6.04 Å². The van der Waals surface area contributed by atoms with Crippen LogP contribution >= 0.6 is 11.6 Å². The average molecular weight is 323 g/mol. The highest BCUT2D eigenvalue weighted by Gasteiger charge is 2.16. The van der Waals surface area contributed by atoms with Crippen LogP contribution in [0.1, 0.15) is 28.7 Å². The number of carbonyl (C=O) groups is 1. The summed E-state index contributed by atoms with van der Waals surface area (Å²) in [5.74, 6) is 0.522. The number of para-hydroxylation sites is 1. The summed E-state index contributed by atoms with van der Waals surface area (Å²) in [4.78, 5) is 15.9. The Kier molecular flexibility index (Phi) is 5.03. The van der Waals surface area contributed by atoms with Crippen molar-refractivity contribution in [3.8, 4) is 5.75 Å². The molecular weight excluding hydrogens is 304 g/mol. The van der Waals surface area contributed by atoms with E-state index in [1.54, 1.807) is 7.05 Å². The molecule has 1 aromatic carbocycles. The molecule has 1 amide bonds. The largest absolute Gasteiger partial charge is 0.491 e. The number of halogens is 1. The molecular formula is C15H19ClN4O2. The van der Waals surface area contributed by atoms with Crippen LogP contribution < -0.4 is 10.1 Å². The fraction of sp³-hybridized carbons (Fsp3) is 0.400. The Bertz CT molecular complexity index is 644. The quantitative estimate of drug-likeness (QED) is 0.917. The molecule has 1 N–H and O–H groups in total. The van der Waals surface area contributed by atoms with Crippen molar-refractivity contribution in [1.29, 1.82) is 0 Å². The van der Waals surface area contributed by atoms with E-state index in [1.807, 2.05) is 39.0 Å². The van der Waals surface area contributed by atoms with Gasteiger partial charge in [-0.2, -0.15) is 4.98 Å². The zero-order valence-electron chi connectivity index (χ0n) is 13.1. The number of aryl methyl sites for hydroxylation is 3. The Morgan fingerprint density at radius 2 is 2.05 bits per heavy atom. The van der Waals surface area contributed by atoms with Crippen molar-refractivity contribution in [3.05, 3.63) is 40.4 Å². The van der Waals surface area contributed by atoms with Gasteiger partial charge in [-0.25, -0.2) is 4.68 Å². The number of hydrogen-bond donors (Lipinski definition) is 1. The predicted molar refractivity (Wildman–Crippen MR) is 84.4 cm³/mol. The molecule has 0 radical (unpaired) electrons. The first-order valence-corrected chi connectivity index (χ1v) is 7.32. The molecule has 1 atom stereocenters. The molecule has 0 aliphatic carbocycles. The van der Waals surface area contributed by atoms with Crippen molar-refractivity contribution in [3.63, 3.8) is 0 Å². The summed E-state index contributed by atoms with van der Waals surface area (Å²) in [5.41, 5.74) is 2.13. The lowest BCUT2D eigenvalue weighted by Crippen LogP contribution is -2.37. The third-order valence-electron chi connectivity index (χ3n) is 3.18. The van der Waals surface area contributed by atoms with Crippen molar-refractivity contribution in [2.24, 2.45) is 7.05 Å². The third-order valence-corrected chi connectivity index (χ3v) is 3.51. The lowest BCUT2D eigenvalue weighted by atomic mass is 10.1. The van der Waals surface area contributed by atoms with Crippen molar-refractivity contribution < 1.29 is 9.53 Å². The molecule has 0 saturated heterocycles. The molecule has 0 aliphatic heterocycles. The minimum atomic E-state index is -0.375. The van der Waals surface area contributed by atoms with Gasteiger partial charge in [-0.1, -0.05) is 18.2 Å². The van der Waals surface area contributed by atoms with Crippen LogP contribution in [0.3, 0.4) is 0 Å². The van der Waals surface area contributed by atoms with E-state index in [9.17, 15) is 4.79 Å². The normalized spacial score (nSPS) is 12.0. The molecule has 1 aromatic heterocycles. The average Bonchev–Trinajstić information content (AvgIpc) is 2.78. The number of ether oxygens (including phenoxy) is 1. The van der Waals surface area contributed by atoms with Gasteiger partial charge in [-0.3, -0.25) is 4.79 Å². The van der Waals surface area contributed by atoms with Gasteiger partial charge in [0, 0.05) is 7.05 Å². The molecule has 1 heterocycles. The first kappa shape index (κ1) is 16.3. The van der Waals surface area contributed by atoms with Crippen molar-refractivity contribution >= 4 is 17.5 Å². The fourth-order valence-corrected chi connectivity index (χ4v) is 2.14. The van der Waals surface area contributed by atoms with E-state index in [2.05, 4.69) is 15.4 Å². The number of carbonyl (C=O) groups excluding carboxylic acids is 1. The minimum absolute atomic E-state index is 0.0476. The molecule has 118 valence electrons. The number of nitrogens with zero attached hydrogens (tertiary/aromatic N) is 3. The zero-order valence-corrected chi connectivity index (χ0v) is 13.8. The number of amides is 1. The van der Waals surface area contributed by atoms with E-state index in [4.69, 9.17) is 16.3 Å². The van der Waals surface area contributed by atoms with E-state index in [-0.39, 0.29) is 23.1 Å². The summed E-state index contributed by atoms with van der Waals surface area (Å²) in [6.07, 6.45) is 0. The SMILES string of the molecule is Cc1cccc(C)c1OCC(C)NC(=O)c1nc(Cl)n(C)n1. The molecule has 2 aromatic rings. The standard InChI is InChI=1S/C15H19ClN4O2/c1-9-6-5-7-10(2)12(9)22-8-11(3)17-14(21)13-18-15(16)20(4)19-13/h5-7,11H,8H2,1-4H3,(H,17,21). The van der Waals surface area contributed by atoms with Crippen LogP contribution in [-0.2, 0) is 7.05 Å². The maximum Gasteiger partial charge on any atom is 0.291 e. The minimum Gasteiger partial charge on any atom is -0.491 e. The van der Waals surface area contributed by atoms with Gasteiger partial charge >= 0.3 is 0 Å². The second-order valence-electron chi connectivity index (χ2n) is 5.23. The van der Waals surface area contributed by atoms with Crippen LogP contribution in [0.25, 0.3) is 0 Å². The zero-order chi connectivity index (χ0) is 16.3. The lowest BCUT2D eigenvalue weighted by molar-refractivity contribution is 0.0916. The summed E-state index contributed by atoms with van der Waals surface area (Å²) >= 11 is 5.77. The topological polar surface area (TPSA) is 69.0 Å². The first-order valence-electron chi connectivity index (χ1n) is 6.95. The van der Waals surface area contributed by atoms with Crippen molar-refractivity contribution in [2.75, 3.05) is 6.61 Å². The van der Waals surface area contributed by atoms with Gasteiger partial charge in [0.15, 0.2) is 0 Å². The van der Waals surface area contributed by atoms with Gasteiger partial charge in [-0.05, 0) is 43.5 Å². The highest BCUT2D eigenvalue weighted by molar-refractivity contribution is 6.28. The summed E-state index contributed by atoms with van der Waals surface area (Å²) in [5, 5.41) is 6.89. The number of rotatable bonds is 5. The summed E-state index contributed by atoms with van der Waals surface area (Å²) in [6, 6.07) is 5.78. The molecule has 7 heteroatoms. The monoisotopic (exact) mass is 322 g/mol. The Hall–Kier alpha value is -2.08. The Balaban J connectivity index is 1.93. The van der Waals surface area contributed by atoms with Crippen molar-refractivity contribution in [1.82, 2.24) is 20.1 Å². The molecule has 0 bridgehead atoms. The van der Waals surface area contributed by atoms with E-state index in [1.165, 1.54) is 4.68 Å². The number of benzene rings is 1. The maximum atomic E-state index is 12.0. The van der Waals surface area contributed by atoms with Crippen LogP contribution in [0.4, 0.5) is 0 Å². The maximum absolute atomic E-state index is 12.0. The van der Waals surface area contributed by atoms with Gasteiger partial charge in [0.1, 0.15) is 12.4 Å². The van der Waals surface area contributed by atoms with Gasteiger partial charge < -0.3 is 10.1 Å². The smallest absolute Gasteiger partial charge is 0.291 e.